The number of methoxy groups -OCH3 is 2. The van der Waals surface area contributed by atoms with Gasteiger partial charge in [0, 0.05) is 11.4 Å². The van der Waals surface area contributed by atoms with Crippen molar-refractivity contribution in [3.8, 4) is 11.5 Å². The number of carbonyl (C=O) groups excluding carboxylic acids is 6. The molecule has 1 aliphatic heterocycles. The molecule has 3 aromatic rings. The highest BCUT2D eigenvalue weighted by molar-refractivity contribution is 6.22. The van der Waals surface area contributed by atoms with E-state index in [4.69, 9.17) is 18.9 Å². The number of hydrogen-bond donors (Lipinski definition) is 2. The highest BCUT2D eigenvalue weighted by Gasteiger charge is 2.37. The molecule has 0 aliphatic carbocycles. The molecule has 13 nitrogen and oxygen atoms in total. The fourth-order valence-electron chi connectivity index (χ4n) is 3.84. The standard InChI is InChI=1S/C29H25N3O10/c1-39-20-8-4-18(5-9-20)30-24(33)15-41-26(35)14-32-27(36)22-12-3-17(13-23(22)28(32)37)29(38)42-16-25(34)31-19-6-10-21(40-2)11-7-19/h3-13H,14-16H2,1-2H3,(H,30,33)(H,31,34). The van der Waals surface area contributed by atoms with Crippen LogP contribution in [0.2, 0.25) is 0 Å². The fourth-order valence-corrected chi connectivity index (χ4v) is 3.84. The van der Waals surface area contributed by atoms with Gasteiger partial charge in [-0.05, 0) is 66.7 Å². The van der Waals surface area contributed by atoms with E-state index >= 15 is 0 Å². The number of rotatable bonds is 11. The monoisotopic (exact) mass is 575 g/mol. The molecule has 42 heavy (non-hydrogen) atoms. The number of anilines is 2. The summed E-state index contributed by atoms with van der Waals surface area (Å²) in [4.78, 5) is 75.2. The molecule has 1 heterocycles. The summed E-state index contributed by atoms with van der Waals surface area (Å²) in [6.45, 7) is -1.98. The van der Waals surface area contributed by atoms with Crippen molar-refractivity contribution in [2.24, 2.45) is 0 Å². The summed E-state index contributed by atoms with van der Waals surface area (Å²) in [5.41, 5.74) is 0.687. The number of hydrogen-bond acceptors (Lipinski definition) is 10. The number of benzene rings is 3. The molecule has 0 saturated heterocycles. The van der Waals surface area contributed by atoms with E-state index in [0.717, 1.165) is 6.07 Å². The van der Waals surface area contributed by atoms with E-state index < -0.39 is 55.3 Å². The third-order valence-electron chi connectivity index (χ3n) is 5.94. The van der Waals surface area contributed by atoms with E-state index in [1.165, 1.54) is 26.4 Å². The Labute approximate surface area is 239 Å². The molecule has 0 unspecified atom stereocenters. The number of fused-ring (bicyclic) bond motifs is 1. The summed E-state index contributed by atoms with van der Waals surface area (Å²) in [7, 11) is 3.01. The number of imide groups is 1. The summed E-state index contributed by atoms with van der Waals surface area (Å²) in [6, 6.07) is 16.6. The second kappa shape index (κ2) is 13.1. The average molecular weight is 576 g/mol. The molecule has 2 N–H and O–H groups in total. The van der Waals surface area contributed by atoms with Crippen LogP contribution >= 0.6 is 0 Å². The zero-order valence-electron chi connectivity index (χ0n) is 22.5. The predicted octanol–water partition coefficient (Wildman–Crippen LogP) is 2.28. The van der Waals surface area contributed by atoms with Gasteiger partial charge in [0.2, 0.25) is 0 Å². The SMILES string of the molecule is COc1ccc(NC(=O)COC(=O)CN2C(=O)c3ccc(C(=O)OCC(=O)Nc4ccc(OC)cc4)cc3C2=O)cc1. The minimum absolute atomic E-state index is 0.0288. The van der Waals surface area contributed by atoms with Crippen molar-refractivity contribution in [3.05, 3.63) is 83.4 Å². The lowest BCUT2D eigenvalue weighted by Gasteiger charge is -2.13. The summed E-state index contributed by atoms with van der Waals surface area (Å²) < 4.78 is 20.0. The Kier molecular flexibility index (Phi) is 9.12. The van der Waals surface area contributed by atoms with E-state index in [1.807, 2.05) is 0 Å². The van der Waals surface area contributed by atoms with Gasteiger partial charge in [0.25, 0.3) is 23.6 Å². The molecular formula is C29H25N3O10. The van der Waals surface area contributed by atoms with E-state index in [2.05, 4.69) is 10.6 Å². The number of amides is 4. The predicted molar refractivity (Wildman–Crippen MR) is 146 cm³/mol. The van der Waals surface area contributed by atoms with Crippen LogP contribution in [0.1, 0.15) is 31.1 Å². The Hall–Kier alpha value is -5.72. The van der Waals surface area contributed by atoms with Crippen molar-refractivity contribution in [2.75, 3.05) is 44.6 Å². The first-order chi connectivity index (χ1) is 20.2. The lowest BCUT2D eigenvalue weighted by molar-refractivity contribution is -0.147. The van der Waals surface area contributed by atoms with Crippen LogP contribution in [0.3, 0.4) is 0 Å². The maximum absolute atomic E-state index is 12.8. The first-order valence-corrected chi connectivity index (χ1v) is 12.4. The maximum atomic E-state index is 12.8. The van der Waals surface area contributed by atoms with Gasteiger partial charge >= 0.3 is 11.9 Å². The van der Waals surface area contributed by atoms with Crippen LogP contribution in [0.15, 0.2) is 66.7 Å². The number of esters is 2. The van der Waals surface area contributed by atoms with E-state index in [-0.39, 0.29) is 16.7 Å². The fraction of sp³-hybridized carbons (Fsp3) is 0.172. The molecule has 4 rings (SSSR count). The maximum Gasteiger partial charge on any atom is 0.338 e. The summed E-state index contributed by atoms with van der Waals surface area (Å²) in [5.74, 6) is -3.51. The van der Waals surface area contributed by atoms with Crippen LogP contribution in [0.5, 0.6) is 11.5 Å². The molecule has 0 fully saturated rings. The molecule has 3 aromatic carbocycles. The van der Waals surface area contributed by atoms with Crippen LogP contribution in [0.4, 0.5) is 11.4 Å². The van der Waals surface area contributed by atoms with Crippen LogP contribution in [0.25, 0.3) is 0 Å². The van der Waals surface area contributed by atoms with Gasteiger partial charge in [0.05, 0.1) is 30.9 Å². The van der Waals surface area contributed by atoms with Crippen molar-refractivity contribution in [3.63, 3.8) is 0 Å². The molecule has 0 atom stereocenters. The van der Waals surface area contributed by atoms with E-state index in [0.29, 0.717) is 27.8 Å². The zero-order valence-corrected chi connectivity index (χ0v) is 22.5. The number of nitrogens with one attached hydrogen (secondary N) is 2. The summed E-state index contributed by atoms with van der Waals surface area (Å²) >= 11 is 0. The van der Waals surface area contributed by atoms with E-state index in [1.54, 1.807) is 48.5 Å². The lowest BCUT2D eigenvalue weighted by Crippen LogP contribution is -2.36. The van der Waals surface area contributed by atoms with Crippen LogP contribution in [-0.2, 0) is 23.9 Å². The molecule has 0 bridgehead atoms. The second-order valence-corrected chi connectivity index (χ2v) is 8.75. The first kappa shape index (κ1) is 29.3. The minimum atomic E-state index is -0.989. The number of carbonyl (C=O) groups is 6. The molecule has 13 heteroatoms. The Morgan fingerprint density at radius 2 is 1.17 bits per heavy atom. The quantitative estimate of drug-likeness (QED) is 0.256. The molecule has 0 radical (unpaired) electrons. The Morgan fingerprint density at radius 1 is 0.667 bits per heavy atom. The highest BCUT2D eigenvalue weighted by Crippen LogP contribution is 2.24. The molecule has 0 aromatic heterocycles. The van der Waals surface area contributed by atoms with Gasteiger partial charge in [-0.25, -0.2) is 4.79 Å². The summed E-state index contributed by atoms with van der Waals surface area (Å²) in [6.07, 6.45) is 0. The molecular weight excluding hydrogens is 550 g/mol. The summed E-state index contributed by atoms with van der Waals surface area (Å²) in [5, 5.41) is 5.09. The first-order valence-electron chi connectivity index (χ1n) is 12.4. The minimum Gasteiger partial charge on any atom is -0.497 e. The molecule has 0 spiro atoms. The van der Waals surface area contributed by atoms with Gasteiger partial charge in [0.15, 0.2) is 13.2 Å². The van der Waals surface area contributed by atoms with E-state index in [9.17, 15) is 28.8 Å². The van der Waals surface area contributed by atoms with Crippen LogP contribution < -0.4 is 20.1 Å². The Balaban J connectivity index is 1.27. The van der Waals surface area contributed by atoms with Gasteiger partial charge in [-0.1, -0.05) is 0 Å². The van der Waals surface area contributed by atoms with Crippen molar-refractivity contribution in [2.45, 2.75) is 0 Å². The van der Waals surface area contributed by atoms with Gasteiger partial charge in [0.1, 0.15) is 18.0 Å². The highest BCUT2D eigenvalue weighted by atomic mass is 16.5. The van der Waals surface area contributed by atoms with Crippen molar-refractivity contribution >= 4 is 46.9 Å². The van der Waals surface area contributed by atoms with Gasteiger partial charge in [-0.15, -0.1) is 0 Å². The van der Waals surface area contributed by atoms with Crippen molar-refractivity contribution in [1.29, 1.82) is 0 Å². The smallest absolute Gasteiger partial charge is 0.338 e. The molecule has 1 aliphatic rings. The topological polar surface area (TPSA) is 167 Å². The zero-order chi connectivity index (χ0) is 30.2. The van der Waals surface area contributed by atoms with Gasteiger partial charge in [-0.3, -0.25) is 28.9 Å². The van der Waals surface area contributed by atoms with Crippen LogP contribution in [0, 0.1) is 0 Å². The second-order valence-electron chi connectivity index (χ2n) is 8.75. The number of nitrogens with zero attached hydrogens (tertiary/aromatic N) is 1. The van der Waals surface area contributed by atoms with Crippen molar-refractivity contribution in [1.82, 2.24) is 4.90 Å². The van der Waals surface area contributed by atoms with Crippen LogP contribution in [-0.4, -0.2) is 74.4 Å². The Morgan fingerprint density at radius 3 is 1.69 bits per heavy atom. The number of ether oxygens (including phenoxy) is 4. The third-order valence-corrected chi connectivity index (χ3v) is 5.94. The average Bonchev–Trinajstić information content (AvgIpc) is 3.23. The van der Waals surface area contributed by atoms with Gasteiger partial charge < -0.3 is 29.6 Å². The third kappa shape index (κ3) is 7.07. The Bertz CT molecular complexity index is 1530. The molecule has 216 valence electrons. The molecule has 0 saturated carbocycles. The van der Waals surface area contributed by atoms with Crippen molar-refractivity contribution < 1.29 is 47.7 Å². The largest absolute Gasteiger partial charge is 0.497 e. The van der Waals surface area contributed by atoms with Gasteiger partial charge in [-0.2, -0.15) is 0 Å². The molecule has 4 amide bonds. The lowest BCUT2D eigenvalue weighted by atomic mass is 10.1. The normalized spacial score (nSPS) is 11.8.